The van der Waals surface area contributed by atoms with E-state index in [1.807, 2.05) is 24.3 Å². The highest BCUT2D eigenvalue weighted by molar-refractivity contribution is 5.92. The van der Waals surface area contributed by atoms with Crippen LogP contribution in [0.15, 0.2) is 24.3 Å². The third kappa shape index (κ3) is 2.79. The number of hydrogen-bond acceptors (Lipinski definition) is 4. The summed E-state index contributed by atoms with van der Waals surface area (Å²) in [6.07, 6.45) is 0.268. The van der Waals surface area contributed by atoms with Gasteiger partial charge in [-0.1, -0.05) is 18.2 Å². The molecule has 0 spiro atoms. The molecule has 0 bridgehead atoms. The van der Waals surface area contributed by atoms with Gasteiger partial charge in [0.05, 0.1) is 25.2 Å². The second-order valence-corrected chi connectivity index (χ2v) is 6.27. The average Bonchev–Trinajstić information content (AvgIpc) is 3.35. The fraction of sp³-hybridized carbons (Fsp3) is 0.529. The first-order valence-corrected chi connectivity index (χ1v) is 7.79. The highest BCUT2D eigenvalue weighted by atomic mass is 16.5. The van der Waals surface area contributed by atoms with E-state index >= 15 is 0 Å². The smallest absolute Gasteiger partial charge is 0.334 e. The Balaban J connectivity index is 1.86. The van der Waals surface area contributed by atoms with Crippen molar-refractivity contribution in [3.63, 3.8) is 0 Å². The minimum absolute atomic E-state index is 0.0246. The van der Waals surface area contributed by atoms with Gasteiger partial charge in [-0.2, -0.15) is 0 Å². The zero-order valence-electron chi connectivity index (χ0n) is 13.3. The Morgan fingerprint density at radius 1 is 1.30 bits per heavy atom. The summed E-state index contributed by atoms with van der Waals surface area (Å²) >= 11 is 0. The fourth-order valence-corrected chi connectivity index (χ4v) is 3.32. The SMILES string of the molecule is COc1ccccc1C1(C(=O)N2CC(C(=O)O)O[C@H](C)C2)CC1. The standard InChI is InChI=1S/C17H21NO5/c1-11-9-18(10-14(23-11)15(19)20)16(21)17(7-8-17)12-5-3-4-6-13(12)22-2/h3-6,11,14H,7-10H2,1-2H3,(H,19,20)/t11-,14?/m1/s1. The summed E-state index contributed by atoms with van der Waals surface area (Å²) in [5.41, 5.74) is 0.311. The van der Waals surface area contributed by atoms with E-state index in [1.165, 1.54) is 0 Å². The van der Waals surface area contributed by atoms with Crippen molar-refractivity contribution in [2.75, 3.05) is 20.2 Å². The van der Waals surface area contributed by atoms with E-state index in [4.69, 9.17) is 9.47 Å². The van der Waals surface area contributed by atoms with Crippen LogP contribution in [0.25, 0.3) is 0 Å². The number of para-hydroxylation sites is 1. The molecule has 23 heavy (non-hydrogen) atoms. The molecule has 1 unspecified atom stereocenters. The van der Waals surface area contributed by atoms with Crippen molar-refractivity contribution < 1.29 is 24.2 Å². The molecule has 124 valence electrons. The van der Waals surface area contributed by atoms with Crippen LogP contribution < -0.4 is 4.74 Å². The lowest BCUT2D eigenvalue weighted by Gasteiger charge is -2.37. The minimum Gasteiger partial charge on any atom is -0.496 e. The van der Waals surface area contributed by atoms with E-state index in [2.05, 4.69) is 0 Å². The molecule has 0 aromatic heterocycles. The molecular formula is C17H21NO5. The number of methoxy groups -OCH3 is 1. The van der Waals surface area contributed by atoms with Crippen LogP contribution in [0.2, 0.25) is 0 Å². The van der Waals surface area contributed by atoms with Crippen molar-refractivity contribution in [2.24, 2.45) is 0 Å². The van der Waals surface area contributed by atoms with Gasteiger partial charge in [0.2, 0.25) is 5.91 Å². The van der Waals surface area contributed by atoms with E-state index in [0.717, 1.165) is 18.4 Å². The number of carboxylic acid groups (broad SMARTS) is 1. The van der Waals surface area contributed by atoms with Gasteiger partial charge in [0.15, 0.2) is 6.10 Å². The summed E-state index contributed by atoms with van der Waals surface area (Å²) in [5, 5.41) is 9.19. The van der Waals surface area contributed by atoms with E-state index in [9.17, 15) is 14.7 Å². The average molecular weight is 319 g/mol. The first kappa shape index (κ1) is 15.8. The number of aliphatic carboxylic acids is 1. The van der Waals surface area contributed by atoms with Crippen LogP contribution in [0.1, 0.15) is 25.3 Å². The molecule has 2 fully saturated rings. The normalized spacial score (nSPS) is 25.7. The lowest BCUT2D eigenvalue weighted by Crippen LogP contribution is -2.54. The number of carboxylic acids is 1. The third-order valence-electron chi connectivity index (χ3n) is 4.60. The topological polar surface area (TPSA) is 76.1 Å². The summed E-state index contributed by atoms with van der Waals surface area (Å²) in [6, 6.07) is 7.54. The number of morpholine rings is 1. The summed E-state index contributed by atoms with van der Waals surface area (Å²) in [4.78, 5) is 25.9. The maximum atomic E-state index is 13.1. The van der Waals surface area contributed by atoms with Crippen LogP contribution in [0.4, 0.5) is 0 Å². The minimum atomic E-state index is -1.03. The Morgan fingerprint density at radius 3 is 2.61 bits per heavy atom. The molecule has 1 N–H and O–H groups in total. The molecule has 1 saturated carbocycles. The molecule has 1 saturated heterocycles. The van der Waals surface area contributed by atoms with Gasteiger partial charge < -0.3 is 19.5 Å². The Hall–Kier alpha value is -2.08. The van der Waals surface area contributed by atoms with Crippen molar-refractivity contribution in [2.45, 2.75) is 37.4 Å². The van der Waals surface area contributed by atoms with Gasteiger partial charge in [-0.05, 0) is 25.8 Å². The van der Waals surface area contributed by atoms with Gasteiger partial charge in [0, 0.05) is 12.1 Å². The maximum absolute atomic E-state index is 13.1. The first-order chi connectivity index (χ1) is 11.0. The quantitative estimate of drug-likeness (QED) is 0.908. The van der Waals surface area contributed by atoms with Crippen molar-refractivity contribution >= 4 is 11.9 Å². The van der Waals surface area contributed by atoms with Crippen molar-refractivity contribution in [3.05, 3.63) is 29.8 Å². The van der Waals surface area contributed by atoms with E-state index in [-0.39, 0.29) is 18.6 Å². The molecule has 3 rings (SSSR count). The second kappa shape index (κ2) is 5.85. The fourth-order valence-electron chi connectivity index (χ4n) is 3.32. The Morgan fingerprint density at radius 2 is 2.00 bits per heavy atom. The number of nitrogens with zero attached hydrogens (tertiary/aromatic N) is 1. The molecule has 1 amide bonds. The second-order valence-electron chi connectivity index (χ2n) is 6.27. The molecule has 6 heteroatoms. The number of carbonyl (C=O) groups excluding carboxylic acids is 1. The van der Waals surface area contributed by atoms with Gasteiger partial charge >= 0.3 is 5.97 Å². The predicted octanol–water partition coefficient (Wildman–Crippen LogP) is 1.43. The molecule has 1 aliphatic heterocycles. The van der Waals surface area contributed by atoms with Crippen LogP contribution in [0.3, 0.4) is 0 Å². The number of rotatable bonds is 4. The largest absolute Gasteiger partial charge is 0.496 e. The highest BCUT2D eigenvalue weighted by Gasteiger charge is 2.55. The van der Waals surface area contributed by atoms with Gasteiger partial charge in [-0.3, -0.25) is 4.79 Å². The highest BCUT2D eigenvalue weighted by Crippen LogP contribution is 2.52. The summed E-state index contributed by atoms with van der Waals surface area (Å²) in [7, 11) is 1.59. The lowest BCUT2D eigenvalue weighted by atomic mass is 9.92. The number of ether oxygens (including phenoxy) is 2. The number of hydrogen-bond donors (Lipinski definition) is 1. The van der Waals surface area contributed by atoms with Crippen LogP contribution in [-0.2, 0) is 19.7 Å². The number of amides is 1. The maximum Gasteiger partial charge on any atom is 0.334 e. The van der Waals surface area contributed by atoms with Crippen molar-refractivity contribution in [1.29, 1.82) is 0 Å². The van der Waals surface area contributed by atoms with Crippen LogP contribution >= 0.6 is 0 Å². The molecule has 1 aromatic rings. The van der Waals surface area contributed by atoms with E-state index in [1.54, 1.807) is 18.9 Å². The molecule has 2 aliphatic rings. The molecule has 1 heterocycles. The van der Waals surface area contributed by atoms with Crippen LogP contribution in [0.5, 0.6) is 5.75 Å². The third-order valence-corrected chi connectivity index (χ3v) is 4.60. The lowest BCUT2D eigenvalue weighted by molar-refractivity contribution is -0.167. The molecule has 0 radical (unpaired) electrons. The zero-order valence-corrected chi connectivity index (χ0v) is 13.3. The van der Waals surface area contributed by atoms with Gasteiger partial charge in [0.25, 0.3) is 0 Å². The first-order valence-electron chi connectivity index (χ1n) is 7.79. The monoisotopic (exact) mass is 319 g/mol. The molecule has 6 nitrogen and oxygen atoms in total. The molecule has 1 aromatic carbocycles. The van der Waals surface area contributed by atoms with Crippen LogP contribution in [-0.4, -0.2) is 54.3 Å². The Bertz CT molecular complexity index is 625. The summed E-state index contributed by atoms with van der Waals surface area (Å²) in [6.45, 7) is 2.30. The van der Waals surface area contributed by atoms with E-state index < -0.39 is 17.5 Å². The summed E-state index contributed by atoms with van der Waals surface area (Å²) in [5.74, 6) is -0.352. The van der Waals surface area contributed by atoms with Gasteiger partial charge in [-0.15, -0.1) is 0 Å². The Labute approximate surface area is 135 Å². The van der Waals surface area contributed by atoms with Crippen LogP contribution in [0, 0.1) is 0 Å². The number of benzene rings is 1. The van der Waals surface area contributed by atoms with E-state index in [0.29, 0.717) is 12.3 Å². The van der Waals surface area contributed by atoms with Gasteiger partial charge in [-0.25, -0.2) is 4.79 Å². The number of carbonyl (C=O) groups is 2. The van der Waals surface area contributed by atoms with Crippen molar-refractivity contribution in [1.82, 2.24) is 4.90 Å². The molecular weight excluding hydrogens is 298 g/mol. The van der Waals surface area contributed by atoms with Crippen molar-refractivity contribution in [3.8, 4) is 5.75 Å². The zero-order chi connectivity index (χ0) is 16.6. The van der Waals surface area contributed by atoms with Gasteiger partial charge in [0.1, 0.15) is 5.75 Å². The summed E-state index contributed by atoms with van der Waals surface area (Å²) < 4.78 is 10.8. The molecule has 2 atom stereocenters. The predicted molar refractivity (Wildman–Crippen MR) is 82.5 cm³/mol. The molecule has 1 aliphatic carbocycles. The Kier molecular flexibility index (Phi) is 4.02.